The first-order valence-electron chi connectivity index (χ1n) is 3.63. The van der Waals surface area contributed by atoms with Gasteiger partial charge < -0.3 is 0 Å². The average molecular weight is 171 g/mol. The van der Waals surface area contributed by atoms with Crippen LogP contribution in [0.5, 0.6) is 0 Å². The SMILES string of the molecule is N#Cc1cccnc1-n1ccnn1. The van der Waals surface area contributed by atoms with Crippen molar-refractivity contribution in [2.75, 3.05) is 0 Å². The maximum absolute atomic E-state index is 8.77. The molecule has 0 aliphatic heterocycles. The van der Waals surface area contributed by atoms with Crippen molar-refractivity contribution in [1.82, 2.24) is 20.0 Å². The first-order valence-corrected chi connectivity index (χ1v) is 3.63. The predicted molar refractivity (Wildman–Crippen MR) is 43.9 cm³/mol. The highest BCUT2D eigenvalue weighted by atomic mass is 15.4. The van der Waals surface area contributed by atoms with E-state index in [0.717, 1.165) is 0 Å². The molecule has 0 fully saturated rings. The van der Waals surface area contributed by atoms with Gasteiger partial charge in [0.25, 0.3) is 0 Å². The van der Waals surface area contributed by atoms with Crippen LogP contribution >= 0.6 is 0 Å². The summed E-state index contributed by atoms with van der Waals surface area (Å²) in [5.41, 5.74) is 0.480. The van der Waals surface area contributed by atoms with Crippen LogP contribution < -0.4 is 0 Å². The first kappa shape index (κ1) is 7.43. The summed E-state index contributed by atoms with van der Waals surface area (Å²) >= 11 is 0. The smallest absolute Gasteiger partial charge is 0.173 e. The van der Waals surface area contributed by atoms with Gasteiger partial charge in [-0.05, 0) is 12.1 Å². The fraction of sp³-hybridized carbons (Fsp3) is 0. The standard InChI is InChI=1S/C8H5N5/c9-6-7-2-1-3-10-8(7)13-5-4-11-12-13/h1-5H. The van der Waals surface area contributed by atoms with Crippen LogP contribution in [0.1, 0.15) is 5.56 Å². The maximum Gasteiger partial charge on any atom is 0.173 e. The van der Waals surface area contributed by atoms with E-state index < -0.39 is 0 Å². The molecule has 0 aliphatic carbocycles. The molecule has 0 N–H and O–H groups in total. The molecule has 2 aromatic rings. The van der Waals surface area contributed by atoms with Crippen LogP contribution in [0.4, 0.5) is 0 Å². The number of aromatic nitrogens is 4. The second kappa shape index (κ2) is 3.03. The highest BCUT2D eigenvalue weighted by Gasteiger charge is 2.03. The quantitative estimate of drug-likeness (QED) is 0.627. The lowest BCUT2D eigenvalue weighted by molar-refractivity contribution is 0.779. The van der Waals surface area contributed by atoms with E-state index in [2.05, 4.69) is 15.3 Å². The fourth-order valence-electron chi connectivity index (χ4n) is 0.988. The molecule has 5 heteroatoms. The summed E-state index contributed by atoms with van der Waals surface area (Å²) in [6.45, 7) is 0. The molecule has 2 heterocycles. The number of nitrogens with zero attached hydrogens (tertiary/aromatic N) is 5. The molecule has 62 valence electrons. The van der Waals surface area contributed by atoms with Gasteiger partial charge >= 0.3 is 0 Å². The molecule has 0 radical (unpaired) electrons. The Hall–Kier alpha value is -2.22. The van der Waals surface area contributed by atoms with Crippen molar-refractivity contribution in [3.05, 3.63) is 36.3 Å². The maximum atomic E-state index is 8.77. The Balaban J connectivity index is 2.59. The van der Waals surface area contributed by atoms with Gasteiger partial charge in [-0.2, -0.15) is 5.26 Å². The van der Waals surface area contributed by atoms with E-state index >= 15 is 0 Å². The number of pyridine rings is 1. The number of nitriles is 1. The summed E-state index contributed by atoms with van der Waals surface area (Å²) < 4.78 is 1.46. The van der Waals surface area contributed by atoms with Gasteiger partial charge in [-0.15, -0.1) is 5.10 Å². The van der Waals surface area contributed by atoms with Crippen LogP contribution in [0.2, 0.25) is 0 Å². The molecule has 0 aromatic carbocycles. The molecule has 0 unspecified atom stereocenters. The van der Waals surface area contributed by atoms with E-state index in [-0.39, 0.29) is 0 Å². The summed E-state index contributed by atoms with van der Waals surface area (Å²) in [5.74, 6) is 0.502. The van der Waals surface area contributed by atoms with Crippen LogP contribution in [0.3, 0.4) is 0 Å². The van der Waals surface area contributed by atoms with Gasteiger partial charge in [-0.25, -0.2) is 9.67 Å². The zero-order chi connectivity index (χ0) is 9.10. The van der Waals surface area contributed by atoms with Crippen LogP contribution in [0.25, 0.3) is 5.82 Å². The zero-order valence-electron chi connectivity index (χ0n) is 6.62. The Morgan fingerprint density at radius 3 is 3.00 bits per heavy atom. The van der Waals surface area contributed by atoms with Gasteiger partial charge in [-0.3, -0.25) is 0 Å². The van der Waals surface area contributed by atoms with Crippen molar-refractivity contribution in [2.45, 2.75) is 0 Å². The Morgan fingerprint density at radius 2 is 2.31 bits per heavy atom. The number of hydrogen-bond donors (Lipinski definition) is 0. The minimum absolute atomic E-state index is 0.480. The lowest BCUT2D eigenvalue weighted by atomic mass is 10.3. The Kier molecular flexibility index (Phi) is 1.73. The second-order valence-electron chi connectivity index (χ2n) is 2.33. The molecule has 0 bridgehead atoms. The van der Waals surface area contributed by atoms with Crippen molar-refractivity contribution in [1.29, 1.82) is 5.26 Å². The molecular formula is C8H5N5. The normalized spacial score (nSPS) is 9.46. The molecule has 0 spiro atoms. The van der Waals surface area contributed by atoms with Crippen LogP contribution in [0, 0.1) is 11.3 Å². The molecule has 0 saturated heterocycles. The van der Waals surface area contributed by atoms with Crippen molar-refractivity contribution >= 4 is 0 Å². The van der Waals surface area contributed by atoms with Crippen LogP contribution in [0.15, 0.2) is 30.7 Å². The monoisotopic (exact) mass is 171 g/mol. The van der Waals surface area contributed by atoms with E-state index in [9.17, 15) is 0 Å². The summed E-state index contributed by atoms with van der Waals surface area (Å²) in [6.07, 6.45) is 4.79. The second-order valence-corrected chi connectivity index (χ2v) is 2.33. The van der Waals surface area contributed by atoms with E-state index in [0.29, 0.717) is 11.4 Å². The van der Waals surface area contributed by atoms with Gasteiger partial charge in [0, 0.05) is 6.20 Å². The third kappa shape index (κ3) is 1.25. The molecule has 0 aliphatic rings. The number of hydrogen-bond acceptors (Lipinski definition) is 4. The average Bonchev–Trinajstić information content (AvgIpc) is 2.70. The molecule has 5 nitrogen and oxygen atoms in total. The van der Waals surface area contributed by atoms with Crippen molar-refractivity contribution in [2.24, 2.45) is 0 Å². The third-order valence-corrected chi connectivity index (χ3v) is 1.55. The van der Waals surface area contributed by atoms with Crippen LogP contribution in [-0.2, 0) is 0 Å². The Morgan fingerprint density at radius 1 is 1.38 bits per heavy atom. The Labute approximate surface area is 74.3 Å². The topological polar surface area (TPSA) is 67.4 Å². The van der Waals surface area contributed by atoms with Crippen molar-refractivity contribution in [3.8, 4) is 11.9 Å². The van der Waals surface area contributed by atoms with E-state index in [1.54, 1.807) is 24.5 Å². The van der Waals surface area contributed by atoms with Crippen LogP contribution in [-0.4, -0.2) is 20.0 Å². The van der Waals surface area contributed by atoms with Gasteiger partial charge in [-0.1, -0.05) is 5.21 Å². The van der Waals surface area contributed by atoms with E-state index in [1.807, 2.05) is 6.07 Å². The number of rotatable bonds is 1. The third-order valence-electron chi connectivity index (χ3n) is 1.55. The molecule has 13 heavy (non-hydrogen) atoms. The summed E-state index contributed by atoms with van der Waals surface area (Å²) in [5, 5.41) is 16.2. The van der Waals surface area contributed by atoms with Gasteiger partial charge in [0.1, 0.15) is 6.07 Å². The van der Waals surface area contributed by atoms with Crippen molar-refractivity contribution < 1.29 is 0 Å². The molecule has 0 atom stereocenters. The molecule has 2 aromatic heterocycles. The first-order chi connectivity index (χ1) is 6.42. The molecule has 0 amide bonds. The lowest BCUT2D eigenvalue weighted by Gasteiger charge is -1.99. The molecule has 0 saturated carbocycles. The minimum atomic E-state index is 0.480. The Bertz CT molecular complexity index is 440. The van der Waals surface area contributed by atoms with Crippen molar-refractivity contribution in [3.63, 3.8) is 0 Å². The van der Waals surface area contributed by atoms with Gasteiger partial charge in [0.05, 0.1) is 18.0 Å². The highest BCUT2D eigenvalue weighted by molar-refractivity contribution is 5.41. The zero-order valence-corrected chi connectivity index (χ0v) is 6.62. The fourth-order valence-corrected chi connectivity index (χ4v) is 0.988. The summed E-state index contributed by atoms with van der Waals surface area (Å²) in [6, 6.07) is 5.42. The molecular weight excluding hydrogens is 166 g/mol. The van der Waals surface area contributed by atoms with E-state index in [4.69, 9.17) is 5.26 Å². The predicted octanol–water partition coefficient (Wildman–Crippen LogP) is 0.534. The largest absolute Gasteiger partial charge is 0.236 e. The summed E-state index contributed by atoms with van der Waals surface area (Å²) in [7, 11) is 0. The van der Waals surface area contributed by atoms with E-state index in [1.165, 1.54) is 10.9 Å². The highest BCUT2D eigenvalue weighted by Crippen LogP contribution is 2.06. The summed E-state index contributed by atoms with van der Waals surface area (Å²) in [4.78, 5) is 4.03. The minimum Gasteiger partial charge on any atom is -0.236 e. The lowest BCUT2D eigenvalue weighted by Crippen LogP contribution is -2.00. The van der Waals surface area contributed by atoms with Gasteiger partial charge in [0.15, 0.2) is 5.82 Å². The molecule has 2 rings (SSSR count). The van der Waals surface area contributed by atoms with Gasteiger partial charge in [0.2, 0.25) is 0 Å².